The molecule has 0 aliphatic rings. The molecule has 0 radical (unpaired) electrons. The molecule has 122 heavy (non-hydrogen) atoms. The van der Waals surface area contributed by atoms with Crippen LogP contribution in [0.1, 0.15) is 0 Å². The topological polar surface area (TPSA) is 45.8 Å². The Kier molecular flexibility index (Phi) is 21.3. The molecular formula is C112H79FN6S3. The van der Waals surface area contributed by atoms with Gasteiger partial charge in [-0.3, -0.25) is 0 Å². The molecule has 10 heteroatoms. The lowest BCUT2D eigenvalue weighted by Gasteiger charge is -2.25. The number of rotatable bonds is 18. The minimum absolute atomic E-state index is 0.254. The van der Waals surface area contributed by atoms with E-state index in [2.05, 4.69) is 426 Å². The number of hydrogen-bond donors (Lipinski definition) is 3. The zero-order chi connectivity index (χ0) is 81.5. The minimum atomic E-state index is -0.254. The maximum absolute atomic E-state index is 15.0. The third kappa shape index (κ3) is 16.2. The smallest absolute Gasteiger partial charge is 0.147 e. The summed E-state index contributed by atoms with van der Waals surface area (Å²) in [4.78, 5) is 6.62. The highest BCUT2D eigenvalue weighted by molar-refractivity contribution is 7.26. The molecule has 0 atom stereocenters. The second-order valence-corrected chi connectivity index (χ2v) is 33.3. The standard InChI is InChI=1S/C42H30N2S.C36H26N2S.C34H23FN2S/c1-5-13-30(14-6-1)32-25-33(31-15-7-2-8-16-31)27-35(26-32)43-34-21-23-39-40-29-38(22-24-41(40)45-42(39)28-34)44(36-17-9-3-10-18-36)37-19-11-4-12-20-37;1-4-10-26(11-5-1)27-16-18-28(19-17-27)37-29-20-22-33-34-25-32(21-23-35(34)39-36(33)24-29)38(30-12-6-2-7-13-30)31-14-8-3-9-15-31;35-31-12-6-7-13-32(31)37(27-10-2-1-3-11-27)28-17-19-33-30(22-28)29-18-16-26(21-34(29)38-33)36-25-15-14-23-8-4-5-9-24(23)20-25/h1-29,43H;1-25,37H;1-22,36H. The Morgan fingerprint density at radius 2 is 0.475 bits per heavy atom. The van der Waals surface area contributed by atoms with Gasteiger partial charge in [-0.05, 0) is 250 Å². The zero-order valence-corrected chi connectivity index (χ0v) is 68.8. The van der Waals surface area contributed by atoms with Gasteiger partial charge in [0, 0.05) is 140 Å². The van der Waals surface area contributed by atoms with Gasteiger partial charge >= 0.3 is 0 Å². The molecule has 0 bridgehead atoms. The quantitative estimate of drug-likeness (QED) is 0.0796. The second kappa shape index (κ2) is 34.4. The van der Waals surface area contributed by atoms with Crippen molar-refractivity contribution in [2.45, 2.75) is 0 Å². The van der Waals surface area contributed by atoms with Crippen LogP contribution in [0, 0.1) is 5.82 Å². The van der Waals surface area contributed by atoms with Crippen molar-refractivity contribution in [2.75, 3.05) is 30.7 Å². The van der Waals surface area contributed by atoms with E-state index in [9.17, 15) is 4.39 Å². The molecule has 0 amide bonds. The van der Waals surface area contributed by atoms with Gasteiger partial charge in [-0.2, -0.15) is 0 Å². The van der Waals surface area contributed by atoms with Gasteiger partial charge in [-0.1, -0.05) is 255 Å². The normalized spacial score (nSPS) is 11.2. The van der Waals surface area contributed by atoms with E-state index in [-0.39, 0.29) is 5.82 Å². The maximum atomic E-state index is 15.0. The number of halogens is 1. The van der Waals surface area contributed by atoms with Gasteiger partial charge in [-0.15, -0.1) is 34.0 Å². The fourth-order valence-electron chi connectivity index (χ4n) is 16.2. The summed E-state index contributed by atoms with van der Waals surface area (Å²) in [5, 5.41) is 20.8. The fraction of sp³-hybridized carbons (Fsp3) is 0. The van der Waals surface area contributed by atoms with E-state index in [1.54, 1.807) is 17.4 Å². The van der Waals surface area contributed by atoms with Crippen molar-refractivity contribution < 1.29 is 4.39 Å². The third-order valence-electron chi connectivity index (χ3n) is 22.1. The number of hydrogen-bond acceptors (Lipinski definition) is 9. The number of anilines is 15. The Balaban J connectivity index is 0.000000117. The van der Waals surface area contributed by atoms with E-state index in [1.807, 2.05) is 76.1 Å². The summed E-state index contributed by atoms with van der Waals surface area (Å²) in [6.45, 7) is 0. The number of nitrogens with one attached hydrogen (secondary N) is 3. The van der Waals surface area contributed by atoms with Crippen molar-refractivity contribution in [3.05, 3.63) is 467 Å². The molecule has 22 rings (SSSR count). The molecule has 3 heterocycles. The molecule has 6 nitrogen and oxygen atoms in total. The van der Waals surface area contributed by atoms with Crippen LogP contribution >= 0.6 is 34.0 Å². The third-order valence-corrected chi connectivity index (χ3v) is 25.5. The van der Waals surface area contributed by atoms with E-state index < -0.39 is 0 Å². The Labute approximate surface area is 720 Å². The van der Waals surface area contributed by atoms with Crippen molar-refractivity contribution in [3.8, 4) is 33.4 Å². The molecule has 3 aromatic heterocycles. The number of thiophene rings is 3. The van der Waals surface area contributed by atoms with E-state index in [0.717, 1.165) is 85.0 Å². The minimum Gasteiger partial charge on any atom is -0.355 e. The Hall–Kier alpha value is -15.2. The van der Waals surface area contributed by atoms with Crippen molar-refractivity contribution >= 4 is 191 Å². The number of benzene rings is 19. The molecule has 19 aromatic carbocycles. The molecule has 3 N–H and O–H groups in total. The van der Waals surface area contributed by atoms with Gasteiger partial charge in [0.1, 0.15) is 5.82 Å². The first-order valence-electron chi connectivity index (χ1n) is 40.8. The van der Waals surface area contributed by atoms with E-state index in [4.69, 9.17) is 0 Å². The maximum Gasteiger partial charge on any atom is 0.147 e. The van der Waals surface area contributed by atoms with Crippen LogP contribution in [-0.4, -0.2) is 0 Å². The van der Waals surface area contributed by atoms with Crippen LogP contribution in [0.5, 0.6) is 0 Å². The van der Waals surface area contributed by atoms with Crippen LogP contribution in [0.25, 0.3) is 105 Å². The van der Waals surface area contributed by atoms with Gasteiger partial charge in [0.15, 0.2) is 0 Å². The van der Waals surface area contributed by atoms with Crippen LogP contribution in [0.3, 0.4) is 0 Å². The molecular weight excluding hydrogens is 1540 g/mol. The van der Waals surface area contributed by atoms with Crippen LogP contribution in [0.4, 0.5) is 89.7 Å². The lowest BCUT2D eigenvalue weighted by atomic mass is 9.98. The van der Waals surface area contributed by atoms with Crippen LogP contribution in [0.15, 0.2) is 461 Å². The predicted molar refractivity (Wildman–Crippen MR) is 525 cm³/mol. The predicted octanol–water partition coefficient (Wildman–Crippen LogP) is 34.1. The summed E-state index contributed by atoms with van der Waals surface area (Å²) in [7, 11) is 0. The summed E-state index contributed by atoms with van der Waals surface area (Å²) in [5.74, 6) is -0.254. The lowest BCUT2D eigenvalue weighted by Crippen LogP contribution is -2.11. The average molecular weight is 1620 g/mol. The van der Waals surface area contributed by atoms with Crippen molar-refractivity contribution in [1.82, 2.24) is 0 Å². The summed E-state index contributed by atoms with van der Waals surface area (Å²) in [6.07, 6.45) is 0. The van der Waals surface area contributed by atoms with Crippen LogP contribution in [0.2, 0.25) is 0 Å². The summed E-state index contributed by atoms with van der Waals surface area (Å²) in [6, 6.07) is 161. The van der Waals surface area contributed by atoms with Crippen molar-refractivity contribution in [3.63, 3.8) is 0 Å². The summed E-state index contributed by atoms with van der Waals surface area (Å²) < 4.78 is 22.5. The fourth-order valence-corrected chi connectivity index (χ4v) is 19.6. The van der Waals surface area contributed by atoms with Gasteiger partial charge in [0.25, 0.3) is 0 Å². The number of para-hydroxylation sites is 6. The molecule has 0 aliphatic heterocycles. The average Bonchev–Trinajstić information content (AvgIpc) is 1.55. The molecule has 22 aromatic rings. The molecule has 0 aliphatic carbocycles. The summed E-state index contributed by atoms with van der Waals surface area (Å²) in [5.41, 5.74) is 22.9. The van der Waals surface area contributed by atoms with E-state index in [0.29, 0.717) is 5.69 Å². The van der Waals surface area contributed by atoms with E-state index >= 15 is 0 Å². The van der Waals surface area contributed by atoms with Crippen molar-refractivity contribution in [2.24, 2.45) is 0 Å². The van der Waals surface area contributed by atoms with Gasteiger partial charge in [0.2, 0.25) is 0 Å². The molecule has 0 saturated heterocycles. The van der Waals surface area contributed by atoms with Crippen molar-refractivity contribution in [1.29, 1.82) is 0 Å². The second-order valence-electron chi connectivity index (χ2n) is 30.0. The van der Waals surface area contributed by atoms with Crippen LogP contribution < -0.4 is 30.7 Å². The highest BCUT2D eigenvalue weighted by atomic mass is 32.1. The molecule has 0 unspecified atom stereocenters. The van der Waals surface area contributed by atoms with Gasteiger partial charge in [-0.25, -0.2) is 4.39 Å². The Bertz CT molecular complexity index is 7280. The highest BCUT2D eigenvalue weighted by Crippen LogP contribution is 2.47. The van der Waals surface area contributed by atoms with Gasteiger partial charge in [0.05, 0.1) is 5.69 Å². The molecule has 0 saturated carbocycles. The van der Waals surface area contributed by atoms with Crippen LogP contribution in [-0.2, 0) is 0 Å². The lowest BCUT2D eigenvalue weighted by molar-refractivity contribution is 0.629. The first-order chi connectivity index (χ1) is 60.3. The molecule has 582 valence electrons. The first-order valence-corrected chi connectivity index (χ1v) is 43.3. The first kappa shape index (κ1) is 75.6. The van der Waals surface area contributed by atoms with E-state index in [1.165, 1.54) is 105 Å². The van der Waals surface area contributed by atoms with Gasteiger partial charge < -0.3 is 30.7 Å². The highest BCUT2D eigenvalue weighted by Gasteiger charge is 2.21. The number of fused-ring (bicyclic) bond motifs is 10. The number of nitrogens with zero attached hydrogens (tertiary/aromatic N) is 3. The summed E-state index contributed by atoms with van der Waals surface area (Å²) >= 11 is 5.45. The largest absolute Gasteiger partial charge is 0.355 e. The monoisotopic (exact) mass is 1620 g/mol. The SMILES string of the molecule is Fc1ccccc1N(c1ccccc1)c1ccc2sc3cc(Nc4ccc5ccccc5c4)ccc3c2c1.c1ccc(-c2cc(Nc3ccc4c(c3)sc3ccc(N(c5ccccc5)c5ccccc5)cc34)cc(-c3ccccc3)c2)cc1.c1ccc(-c2ccc(Nc3ccc4c(c3)sc3ccc(N(c5ccccc5)c5ccccc5)cc34)cc2)cc1. The zero-order valence-electron chi connectivity index (χ0n) is 66.3. The molecule has 0 fully saturated rings. The Morgan fingerprint density at radius 3 is 0.885 bits per heavy atom. The molecule has 0 spiro atoms. The Morgan fingerprint density at radius 1 is 0.172 bits per heavy atom.